The molecule has 0 aromatic heterocycles. The quantitative estimate of drug-likeness (QED) is 0.361. The zero-order chi connectivity index (χ0) is 29.8. The lowest BCUT2D eigenvalue weighted by Gasteiger charge is -2.28. The Morgan fingerprint density at radius 1 is 0.775 bits per heavy atom. The van der Waals surface area contributed by atoms with E-state index in [2.05, 4.69) is 21.3 Å². The first-order chi connectivity index (χ1) is 18.9. The van der Waals surface area contributed by atoms with E-state index >= 15 is 0 Å². The maximum absolute atomic E-state index is 13.5. The molecule has 4 N–H and O–H groups in total. The highest BCUT2D eigenvalue weighted by atomic mass is 16.5. The van der Waals surface area contributed by atoms with E-state index in [-0.39, 0.29) is 24.7 Å². The van der Waals surface area contributed by atoms with Gasteiger partial charge >= 0.3 is 5.97 Å². The Morgan fingerprint density at radius 2 is 1.35 bits per heavy atom. The zero-order valence-electron chi connectivity index (χ0n) is 24.6. The van der Waals surface area contributed by atoms with E-state index in [4.69, 9.17) is 4.74 Å². The molecule has 0 saturated carbocycles. The first kappa shape index (κ1) is 32.8. The van der Waals surface area contributed by atoms with Crippen molar-refractivity contribution in [1.29, 1.82) is 0 Å². The number of hydrogen-bond donors (Lipinski definition) is 4. The van der Waals surface area contributed by atoms with E-state index in [0.717, 1.165) is 5.56 Å². The van der Waals surface area contributed by atoms with Crippen molar-refractivity contribution < 1.29 is 28.7 Å². The summed E-state index contributed by atoms with van der Waals surface area (Å²) in [5.41, 5.74) is 0.834. The number of ether oxygens (including phenoxy) is 1. The Hall–Kier alpha value is -3.43. The van der Waals surface area contributed by atoms with Crippen LogP contribution in [0, 0.1) is 11.8 Å². The molecule has 4 amide bonds. The molecule has 1 aliphatic heterocycles. The molecule has 1 aromatic carbocycles. The number of hydrogen-bond acceptors (Lipinski definition) is 6. The van der Waals surface area contributed by atoms with Crippen molar-refractivity contribution in [2.24, 2.45) is 11.8 Å². The van der Waals surface area contributed by atoms with Gasteiger partial charge in [0.25, 0.3) is 0 Å². The van der Waals surface area contributed by atoms with Crippen LogP contribution in [0.2, 0.25) is 0 Å². The van der Waals surface area contributed by atoms with E-state index < -0.39 is 59.9 Å². The molecule has 222 valence electrons. The molecule has 10 heteroatoms. The molecule has 0 spiro atoms. The fourth-order valence-electron chi connectivity index (χ4n) is 4.63. The van der Waals surface area contributed by atoms with Crippen molar-refractivity contribution >= 4 is 29.6 Å². The van der Waals surface area contributed by atoms with Crippen molar-refractivity contribution in [2.75, 3.05) is 0 Å². The van der Waals surface area contributed by atoms with Crippen molar-refractivity contribution in [1.82, 2.24) is 21.3 Å². The molecule has 1 saturated heterocycles. The maximum Gasteiger partial charge on any atom is 0.328 e. The topological polar surface area (TPSA) is 143 Å². The third-order valence-electron chi connectivity index (χ3n) is 6.64. The van der Waals surface area contributed by atoms with Gasteiger partial charge in [-0.2, -0.15) is 0 Å². The van der Waals surface area contributed by atoms with Crippen molar-refractivity contribution in [3.63, 3.8) is 0 Å². The highest BCUT2D eigenvalue weighted by molar-refractivity contribution is 5.95. The summed E-state index contributed by atoms with van der Waals surface area (Å²) < 4.78 is 5.72. The second-order valence-corrected chi connectivity index (χ2v) is 11.5. The van der Waals surface area contributed by atoms with Gasteiger partial charge < -0.3 is 26.0 Å². The van der Waals surface area contributed by atoms with Crippen molar-refractivity contribution in [3.8, 4) is 0 Å². The fourth-order valence-corrected chi connectivity index (χ4v) is 4.63. The van der Waals surface area contributed by atoms with Gasteiger partial charge in [0.05, 0.1) is 6.42 Å². The highest BCUT2D eigenvalue weighted by Crippen LogP contribution is 2.14. The Morgan fingerprint density at radius 3 is 1.95 bits per heavy atom. The van der Waals surface area contributed by atoms with Gasteiger partial charge in [0.15, 0.2) is 0 Å². The normalized spacial score (nSPS) is 25.6. The van der Waals surface area contributed by atoms with Crippen molar-refractivity contribution in [3.05, 3.63) is 35.9 Å². The second-order valence-electron chi connectivity index (χ2n) is 11.5. The third-order valence-corrected chi connectivity index (χ3v) is 6.64. The number of benzene rings is 1. The van der Waals surface area contributed by atoms with Gasteiger partial charge in [-0.3, -0.25) is 19.2 Å². The smallest absolute Gasteiger partial charge is 0.328 e. The molecular weight excluding hydrogens is 512 g/mol. The van der Waals surface area contributed by atoms with Crippen LogP contribution in [0.15, 0.2) is 30.3 Å². The minimum atomic E-state index is -0.961. The van der Waals surface area contributed by atoms with E-state index in [0.29, 0.717) is 25.7 Å². The van der Waals surface area contributed by atoms with Crippen LogP contribution in [-0.4, -0.2) is 59.9 Å². The molecule has 5 atom stereocenters. The third kappa shape index (κ3) is 11.0. The Balaban J connectivity index is 2.44. The van der Waals surface area contributed by atoms with Crippen molar-refractivity contribution in [2.45, 2.75) is 110 Å². The summed E-state index contributed by atoms with van der Waals surface area (Å²) in [6, 6.07) is 5.48. The molecule has 40 heavy (non-hydrogen) atoms. The number of rotatable bonds is 8. The fraction of sp³-hybridized carbons (Fsp3) is 0.633. The molecule has 0 radical (unpaired) electrons. The molecule has 1 aromatic rings. The van der Waals surface area contributed by atoms with Gasteiger partial charge in [0, 0.05) is 6.42 Å². The number of amides is 4. The van der Waals surface area contributed by atoms with Gasteiger partial charge in [0.2, 0.25) is 23.6 Å². The molecule has 1 aliphatic rings. The van der Waals surface area contributed by atoms with Crippen LogP contribution in [0.4, 0.5) is 0 Å². The van der Waals surface area contributed by atoms with Crippen LogP contribution in [0.3, 0.4) is 0 Å². The second kappa shape index (κ2) is 16.0. The number of esters is 1. The first-order valence-corrected chi connectivity index (χ1v) is 14.3. The summed E-state index contributed by atoms with van der Waals surface area (Å²) in [5.74, 6) is -2.51. The summed E-state index contributed by atoms with van der Waals surface area (Å²) in [7, 11) is 0. The molecule has 0 unspecified atom stereocenters. The van der Waals surface area contributed by atoms with E-state index in [9.17, 15) is 24.0 Å². The standard InChI is InChI=1S/C30H46N4O6/c1-7-11-22-17-26(35)32-24(16-21-12-9-8-10-13-21)29(38)33-23(14-18(2)3)28(37)31-20(6)27(36)34-25(15-19(4)5)30(39)40-22/h8-10,12-13,18-20,22-25H,7,11,14-17H2,1-6H3,(H,31,37)(H,32,35)(H,33,38)(H,34,36)/t20-,22-,23-,24+,25+/m1/s1. The number of nitrogens with one attached hydrogen (secondary N) is 4. The van der Waals surface area contributed by atoms with Crippen LogP contribution >= 0.6 is 0 Å². The van der Waals surface area contributed by atoms with Crippen LogP contribution in [0.25, 0.3) is 0 Å². The Kier molecular flexibility index (Phi) is 13.1. The lowest BCUT2D eigenvalue weighted by Crippen LogP contribution is -2.58. The summed E-state index contributed by atoms with van der Waals surface area (Å²) in [6.07, 6.45) is 1.14. The minimum Gasteiger partial charge on any atom is -0.460 e. The van der Waals surface area contributed by atoms with Gasteiger partial charge in [-0.1, -0.05) is 71.4 Å². The van der Waals surface area contributed by atoms with Crippen LogP contribution < -0.4 is 21.3 Å². The lowest BCUT2D eigenvalue weighted by molar-refractivity contribution is -0.155. The largest absolute Gasteiger partial charge is 0.460 e. The van der Waals surface area contributed by atoms with Gasteiger partial charge in [-0.05, 0) is 43.6 Å². The molecule has 0 aliphatic carbocycles. The van der Waals surface area contributed by atoms with E-state index in [1.54, 1.807) is 0 Å². The average molecular weight is 559 g/mol. The number of carbonyl (C=O) groups excluding carboxylic acids is 5. The predicted molar refractivity (Wildman–Crippen MR) is 152 cm³/mol. The average Bonchev–Trinajstić information content (AvgIpc) is 2.86. The molecule has 0 bridgehead atoms. The minimum absolute atomic E-state index is 0.0629. The van der Waals surface area contributed by atoms with Gasteiger partial charge in [-0.25, -0.2) is 4.79 Å². The summed E-state index contributed by atoms with van der Waals surface area (Å²) >= 11 is 0. The first-order valence-electron chi connectivity index (χ1n) is 14.3. The van der Waals surface area contributed by atoms with E-state index in [1.807, 2.05) is 65.0 Å². The highest BCUT2D eigenvalue weighted by Gasteiger charge is 2.33. The molecule has 2 rings (SSSR count). The summed E-state index contributed by atoms with van der Waals surface area (Å²) in [6.45, 7) is 11.1. The molecule has 10 nitrogen and oxygen atoms in total. The van der Waals surface area contributed by atoms with Crippen LogP contribution in [-0.2, 0) is 35.1 Å². The summed E-state index contributed by atoms with van der Waals surface area (Å²) in [4.78, 5) is 66.0. The van der Waals surface area contributed by atoms with Crippen LogP contribution in [0.5, 0.6) is 0 Å². The maximum atomic E-state index is 13.5. The van der Waals surface area contributed by atoms with Crippen LogP contribution in [0.1, 0.15) is 79.2 Å². The lowest BCUT2D eigenvalue weighted by atomic mass is 10.00. The Bertz CT molecular complexity index is 1010. The molecule has 1 heterocycles. The molecule has 1 fully saturated rings. The van der Waals surface area contributed by atoms with Gasteiger partial charge in [-0.15, -0.1) is 0 Å². The SMILES string of the molecule is CCC[C@@H]1CC(=O)N[C@@H](Cc2ccccc2)C(=O)N[C@H](CC(C)C)C(=O)N[C@H](C)C(=O)N[C@@H](CC(C)C)C(=O)O1. The monoisotopic (exact) mass is 558 g/mol. The number of carbonyl (C=O) groups is 5. The predicted octanol–water partition coefficient (Wildman–Crippen LogP) is 2.40. The molecular formula is C30H46N4O6. The Labute approximate surface area is 237 Å². The number of cyclic esters (lactones) is 1. The van der Waals surface area contributed by atoms with Gasteiger partial charge in [0.1, 0.15) is 30.3 Å². The zero-order valence-corrected chi connectivity index (χ0v) is 24.6. The van der Waals surface area contributed by atoms with E-state index in [1.165, 1.54) is 6.92 Å². The summed E-state index contributed by atoms with van der Waals surface area (Å²) in [5, 5.41) is 11.0.